The lowest BCUT2D eigenvalue weighted by atomic mass is 10.0. The van der Waals surface area contributed by atoms with Crippen molar-refractivity contribution in [3.8, 4) is 0 Å². The number of amides is 2. The summed E-state index contributed by atoms with van der Waals surface area (Å²) in [6.07, 6.45) is 0. The number of rotatable bonds is 5. The van der Waals surface area contributed by atoms with E-state index in [-0.39, 0.29) is 11.3 Å². The number of nitrogens with zero attached hydrogens (tertiary/aromatic N) is 2. The fraction of sp³-hybridized carbons (Fsp3) is 0.538. The molecule has 2 aliphatic heterocycles. The molecule has 0 aliphatic carbocycles. The third-order valence-corrected chi connectivity index (χ3v) is 6.70. The fourth-order valence-corrected chi connectivity index (χ4v) is 5.19. The van der Waals surface area contributed by atoms with Crippen molar-refractivity contribution in [1.82, 2.24) is 9.21 Å². The Hall–Kier alpha value is -2.29. The van der Waals surface area contributed by atoms with Gasteiger partial charge in [0.1, 0.15) is 17.7 Å². The van der Waals surface area contributed by atoms with Crippen molar-refractivity contribution in [3.63, 3.8) is 0 Å². The Morgan fingerprint density at radius 3 is 2.32 bits per heavy atom. The molecule has 0 saturated carbocycles. The van der Waals surface area contributed by atoms with Gasteiger partial charge in [0, 0.05) is 25.2 Å². The van der Waals surface area contributed by atoms with Gasteiger partial charge in [-0.1, -0.05) is 0 Å². The van der Waals surface area contributed by atoms with Gasteiger partial charge < -0.3 is 9.84 Å². The first-order valence-electron chi connectivity index (χ1n) is 7.36. The van der Waals surface area contributed by atoms with Gasteiger partial charge in [-0.15, -0.1) is 11.8 Å². The van der Waals surface area contributed by atoms with Gasteiger partial charge in [-0.25, -0.2) is 9.10 Å². The molecule has 2 aliphatic rings. The number of carboxylic acids is 1. The number of alkyl halides is 3. The number of fused-ring (bicyclic) bond motifs is 1. The van der Waals surface area contributed by atoms with E-state index in [9.17, 15) is 45.9 Å². The molecule has 28 heavy (non-hydrogen) atoms. The van der Waals surface area contributed by atoms with Gasteiger partial charge in [-0.2, -0.15) is 21.6 Å². The maximum atomic E-state index is 12.9. The van der Waals surface area contributed by atoms with Crippen LogP contribution in [0.3, 0.4) is 0 Å². The minimum absolute atomic E-state index is 0.00352. The maximum absolute atomic E-state index is 12.9. The summed E-state index contributed by atoms with van der Waals surface area (Å²) in [5.74, 6) is -5.36. The molecule has 0 unspecified atom stereocenters. The van der Waals surface area contributed by atoms with Crippen LogP contribution in [0.4, 0.5) is 13.2 Å². The largest absolute Gasteiger partial charge is 0.516 e. The third-order valence-electron chi connectivity index (χ3n) is 3.79. The van der Waals surface area contributed by atoms with E-state index in [4.69, 9.17) is 4.74 Å². The molecule has 15 heteroatoms. The van der Waals surface area contributed by atoms with E-state index < -0.39 is 67.3 Å². The number of carbonyl (C=O) groups is 4. The summed E-state index contributed by atoms with van der Waals surface area (Å²) in [5, 5.41) is 8.00. The first-order valence-corrected chi connectivity index (χ1v) is 9.85. The van der Waals surface area contributed by atoms with Crippen molar-refractivity contribution in [2.75, 3.05) is 12.4 Å². The molecule has 1 saturated heterocycles. The van der Waals surface area contributed by atoms with Crippen molar-refractivity contribution in [3.05, 3.63) is 11.3 Å². The second kappa shape index (κ2) is 7.27. The third kappa shape index (κ3) is 3.55. The molecule has 2 heterocycles. The first kappa shape index (κ1) is 22.0. The number of β-lactam (4-membered cyclic amide) rings is 1. The number of carboxylic acid groups (broad SMARTS) is 1. The number of sulfonamides is 1. The molecular formula is C13H13F3N2O8S2. The molecule has 1 fully saturated rings. The maximum Gasteiger partial charge on any atom is 0.516 e. The van der Waals surface area contributed by atoms with E-state index in [0.29, 0.717) is 11.8 Å². The minimum atomic E-state index is -6.16. The fourth-order valence-electron chi connectivity index (χ4n) is 2.67. The van der Waals surface area contributed by atoms with Crippen molar-refractivity contribution in [1.29, 1.82) is 0 Å². The van der Waals surface area contributed by atoms with Gasteiger partial charge in [0.25, 0.3) is 5.91 Å². The van der Waals surface area contributed by atoms with E-state index in [1.807, 2.05) is 0 Å². The predicted molar refractivity (Wildman–Crippen MR) is 85.7 cm³/mol. The molecule has 0 aromatic heterocycles. The normalized spacial score (nSPS) is 22.3. The van der Waals surface area contributed by atoms with E-state index in [0.717, 1.165) is 18.7 Å². The minimum Gasteiger partial charge on any atom is -0.477 e. The Bertz CT molecular complexity index is 883. The summed E-state index contributed by atoms with van der Waals surface area (Å²) in [4.78, 5) is 47.1. The Morgan fingerprint density at radius 1 is 1.32 bits per heavy atom. The average Bonchev–Trinajstić information content (AvgIpc) is 2.54. The van der Waals surface area contributed by atoms with Crippen LogP contribution in [0.1, 0.15) is 13.8 Å². The van der Waals surface area contributed by atoms with Crippen molar-refractivity contribution in [2.45, 2.75) is 30.8 Å². The summed E-state index contributed by atoms with van der Waals surface area (Å²) in [5.41, 5.74) is -6.45. The lowest BCUT2D eigenvalue weighted by Crippen LogP contribution is -2.72. The van der Waals surface area contributed by atoms with E-state index in [1.54, 1.807) is 0 Å². The van der Waals surface area contributed by atoms with Gasteiger partial charge in [-0.3, -0.25) is 19.3 Å². The topological polar surface area (TPSA) is 138 Å². The van der Waals surface area contributed by atoms with E-state index in [2.05, 4.69) is 0 Å². The van der Waals surface area contributed by atoms with Gasteiger partial charge >= 0.3 is 27.5 Å². The smallest absolute Gasteiger partial charge is 0.477 e. The summed E-state index contributed by atoms with van der Waals surface area (Å²) in [7, 11) is -6.16. The summed E-state index contributed by atoms with van der Waals surface area (Å²) in [6.45, 7) is 1.15. The standard InChI is InChI=1S/C13H13F3N2O8S2/c1-5(19)18(28(24,25)13(14,15)16)9-10(21)17-8(12(22)23)7(3-26-6(2)20)4-27-11(9)17/h9,11H,3-4H2,1-2H3,(H,22,23)/t9-,11-/m1/s1. The quantitative estimate of drug-likeness (QED) is 0.452. The van der Waals surface area contributed by atoms with Crippen molar-refractivity contribution >= 4 is 45.5 Å². The summed E-state index contributed by atoms with van der Waals surface area (Å²) >= 11 is 0.745. The van der Waals surface area contributed by atoms with E-state index in [1.165, 1.54) is 0 Å². The number of thioether (sulfide) groups is 1. The van der Waals surface area contributed by atoms with Crippen LogP contribution in [-0.4, -0.2) is 75.8 Å². The lowest BCUT2D eigenvalue weighted by molar-refractivity contribution is -0.155. The number of halogens is 3. The Balaban J connectivity index is 2.43. The number of hydrogen-bond acceptors (Lipinski definition) is 8. The van der Waals surface area contributed by atoms with Crippen molar-refractivity contribution < 1.29 is 50.6 Å². The summed E-state index contributed by atoms with van der Waals surface area (Å²) < 4.78 is 66.2. The Kier molecular flexibility index (Phi) is 5.71. The first-order chi connectivity index (χ1) is 12.7. The van der Waals surface area contributed by atoms with Gasteiger partial charge in [0.15, 0.2) is 6.04 Å². The Labute approximate surface area is 160 Å². The molecule has 0 aromatic carbocycles. The highest BCUT2D eigenvalue weighted by atomic mass is 32.2. The predicted octanol–water partition coefficient (Wildman–Crippen LogP) is -0.130. The molecule has 2 rings (SSSR count). The van der Waals surface area contributed by atoms with Crippen molar-refractivity contribution in [2.24, 2.45) is 0 Å². The van der Waals surface area contributed by atoms with Crippen LogP contribution in [0.25, 0.3) is 0 Å². The number of carbonyl (C=O) groups excluding carboxylic acids is 3. The highest BCUT2D eigenvalue weighted by Crippen LogP contribution is 2.44. The Morgan fingerprint density at radius 2 is 1.89 bits per heavy atom. The van der Waals surface area contributed by atoms with Gasteiger partial charge in [0.05, 0.1) is 0 Å². The van der Waals surface area contributed by atoms with Gasteiger partial charge in [-0.05, 0) is 0 Å². The lowest BCUT2D eigenvalue weighted by Gasteiger charge is -2.51. The number of ether oxygens (including phenoxy) is 1. The zero-order valence-electron chi connectivity index (χ0n) is 14.2. The second-order valence-electron chi connectivity index (χ2n) is 5.66. The van der Waals surface area contributed by atoms with E-state index >= 15 is 0 Å². The van der Waals surface area contributed by atoms with Crippen LogP contribution in [0.5, 0.6) is 0 Å². The molecule has 0 aromatic rings. The molecule has 0 radical (unpaired) electrons. The highest BCUT2D eigenvalue weighted by Gasteiger charge is 2.63. The number of esters is 1. The van der Waals surface area contributed by atoms with Crippen LogP contribution in [0, 0.1) is 0 Å². The molecule has 156 valence electrons. The molecule has 10 nitrogen and oxygen atoms in total. The summed E-state index contributed by atoms with van der Waals surface area (Å²) in [6, 6.07) is -2.04. The van der Waals surface area contributed by atoms with Crippen LogP contribution >= 0.6 is 11.8 Å². The highest BCUT2D eigenvalue weighted by molar-refractivity contribution is 8.00. The average molecular weight is 446 g/mol. The number of aliphatic carboxylic acids is 1. The number of hydrogen-bond donors (Lipinski definition) is 1. The second-order valence-corrected chi connectivity index (χ2v) is 8.57. The SMILES string of the molecule is CC(=O)OCC1=C(C(=O)O)N2C(=O)[C@@H](N(C(C)=O)S(=O)(=O)C(F)(F)F)[C@H]2SC1. The van der Waals surface area contributed by atoms with Crippen LogP contribution in [0.15, 0.2) is 11.3 Å². The zero-order chi connectivity index (χ0) is 21.6. The van der Waals surface area contributed by atoms with Crippen LogP contribution < -0.4 is 0 Å². The monoisotopic (exact) mass is 446 g/mol. The molecule has 2 atom stereocenters. The zero-order valence-corrected chi connectivity index (χ0v) is 15.9. The van der Waals surface area contributed by atoms with Crippen LogP contribution in [-0.2, 0) is 33.9 Å². The molecule has 0 bridgehead atoms. The van der Waals surface area contributed by atoms with Crippen LogP contribution in [0.2, 0.25) is 0 Å². The molecule has 0 spiro atoms. The molecular weight excluding hydrogens is 433 g/mol. The molecule has 2 amide bonds. The molecule has 1 N–H and O–H groups in total. The van der Waals surface area contributed by atoms with Gasteiger partial charge in [0.2, 0.25) is 5.91 Å².